The van der Waals surface area contributed by atoms with Gasteiger partial charge in [-0.3, -0.25) is 4.79 Å². The first-order valence-electron chi connectivity index (χ1n) is 7.00. The Balaban J connectivity index is 2.05. The van der Waals surface area contributed by atoms with Crippen LogP contribution in [0, 0.1) is 16.4 Å². The standard InChI is InChI=1S/C15H14ClF2N3OS/c1-20-10(5-12(19)22)11-4-7(6-21(11)15(20)23)13-9(17)3-2-8(16)14(13)18/h2-3,7H,4-6H2,1H3,(H2,19,22)/t7-/m1/s1. The Morgan fingerprint density at radius 3 is 2.83 bits per heavy atom. The van der Waals surface area contributed by atoms with E-state index >= 15 is 0 Å². The molecule has 2 aromatic rings. The predicted molar refractivity (Wildman–Crippen MR) is 84.9 cm³/mol. The van der Waals surface area contributed by atoms with E-state index in [1.54, 1.807) is 16.2 Å². The number of primary amides is 1. The van der Waals surface area contributed by atoms with E-state index in [9.17, 15) is 13.6 Å². The number of rotatable bonds is 3. The number of fused-ring (bicyclic) bond motifs is 1. The van der Waals surface area contributed by atoms with Crippen molar-refractivity contribution in [1.82, 2.24) is 9.13 Å². The molecule has 0 saturated heterocycles. The molecule has 3 rings (SSSR count). The third kappa shape index (κ3) is 2.57. The maximum Gasteiger partial charge on any atom is 0.223 e. The molecule has 0 spiro atoms. The summed E-state index contributed by atoms with van der Waals surface area (Å²) in [5.41, 5.74) is 6.72. The van der Waals surface area contributed by atoms with Gasteiger partial charge in [-0.2, -0.15) is 0 Å². The fourth-order valence-electron chi connectivity index (χ4n) is 3.19. The molecular formula is C15H14ClF2N3OS. The molecule has 1 aromatic carbocycles. The summed E-state index contributed by atoms with van der Waals surface area (Å²) in [7, 11) is 1.75. The molecule has 0 unspecified atom stereocenters. The lowest BCUT2D eigenvalue weighted by atomic mass is 9.95. The molecule has 2 N–H and O–H groups in total. The maximum atomic E-state index is 14.2. The summed E-state index contributed by atoms with van der Waals surface area (Å²) in [6, 6.07) is 2.36. The van der Waals surface area contributed by atoms with E-state index in [0.717, 1.165) is 11.8 Å². The third-order valence-electron chi connectivity index (χ3n) is 4.25. The number of nitrogens with zero attached hydrogens (tertiary/aromatic N) is 2. The molecule has 23 heavy (non-hydrogen) atoms. The summed E-state index contributed by atoms with van der Waals surface area (Å²) in [5, 5.41) is -0.112. The van der Waals surface area contributed by atoms with Crippen molar-refractivity contribution in [3.05, 3.63) is 50.5 Å². The minimum Gasteiger partial charge on any atom is -0.369 e. The van der Waals surface area contributed by atoms with Gasteiger partial charge in [0.15, 0.2) is 4.77 Å². The zero-order valence-electron chi connectivity index (χ0n) is 12.3. The van der Waals surface area contributed by atoms with E-state index in [0.29, 0.717) is 23.4 Å². The predicted octanol–water partition coefficient (Wildman–Crippen LogP) is 2.86. The van der Waals surface area contributed by atoms with Gasteiger partial charge >= 0.3 is 0 Å². The van der Waals surface area contributed by atoms with Crippen LogP contribution in [0.1, 0.15) is 22.9 Å². The average Bonchev–Trinajstić information content (AvgIpc) is 2.99. The monoisotopic (exact) mass is 357 g/mol. The number of amides is 1. The fourth-order valence-corrected chi connectivity index (χ4v) is 3.65. The van der Waals surface area contributed by atoms with E-state index in [-0.39, 0.29) is 17.0 Å². The molecule has 1 amide bonds. The second-order valence-corrected chi connectivity index (χ2v) is 6.42. The van der Waals surface area contributed by atoms with Crippen molar-refractivity contribution in [2.45, 2.75) is 25.3 Å². The van der Waals surface area contributed by atoms with Gasteiger partial charge < -0.3 is 14.9 Å². The molecule has 0 radical (unpaired) electrons. The van der Waals surface area contributed by atoms with Crippen LogP contribution in [0.4, 0.5) is 8.78 Å². The first kappa shape index (κ1) is 16.1. The number of carbonyl (C=O) groups is 1. The number of nitrogens with two attached hydrogens (primary N) is 1. The molecule has 0 saturated carbocycles. The van der Waals surface area contributed by atoms with Crippen LogP contribution in [0.3, 0.4) is 0 Å². The first-order chi connectivity index (χ1) is 10.8. The fraction of sp³-hybridized carbons (Fsp3) is 0.333. The van der Waals surface area contributed by atoms with Crippen molar-refractivity contribution in [3.63, 3.8) is 0 Å². The van der Waals surface area contributed by atoms with Gasteiger partial charge in [-0.15, -0.1) is 0 Å². The summed E-state index contributed by atoms with van der Waals surface area (Å²) < 4.78 is 32.4. The van der Waals surface area contributed by atoms with Crippen LogP contribution in [0.2, 0.25) is 5.02 Å². The highest BCUT2D eigenvalue weighted by Crippen LogP contribution is 2.36. The maximum absolute atomic E-state index is 14.2. The normalized spacial score (nSPS) is 16.6. The smallest absolute Gasteiger partial charge is 0.223 e. The van der Waals surface area contributed by atoms with Crippen molar-refractivity contribution in [2.75, 3.05) is 0 Å². The van der Waals surface area contributed by atoms with Gasteiger partial charge in [0.2, 0.25) is 5.91 Å². The Morgan fingerprint density at radius 1 is 1.48 bits per heavy atom. The Bertz CT molecular complexity index is 875. The molecule has 4 nitrogen and oxygen atoms in total. The zero-order valence-corrected chi connectivity index (χ0v) is 13.8. The number of halogens is 3. The molecule has 122 valence electrons. The molecule has 0 aliphatic carbocycles. The highest BCUT2D eigenvalue weighted by Gasteiger charge is 2.32. The van der Waals surface area contributed by atoms with Crippen molar-refractivity contribution < 1.29 is 13.6 Å². The third-order valence-corrected chi connectivity index (χ3v) is 5.04. The second-order valence-electron chi connectivity index (χ2n) is 5.65. The first-order valence-corrected chi connectivity index (χ1v) is 7.78. The lowest BCUT2D eigenvalue weighted by Crippen LogP contribution is -2.17. The van der Waals surface area contributed by atoms with Gasteiger partial charge in [0.1, 0.15) is 11.6 Å². The van der Waals surface area contributed by atoms with Gasteiger partial charge in [-0.25, -0.2) is 8.78 Å². The number of benzene rings is 1. The molecule has 2 heterocycles. The van der Waals surface area contributed by atoms with E-state index < -0.39 is 23.5 Å². The largest absolute Gasteiger partial charge is 0.369 e. The van der Waals surface area contributed by atoms with Crippen molar-refractivity contribution in [3.8, 4) is 0 Å². The van der Waals surface area contributed by atoms with Crippen LogP contribution in [0.25, 0.3) is 0 Å². The number of hydrogen-bond donors (Lipinski definition) is 1. The summed E-state index contributed by atoms with van der Waals surface area (Å²) >= 11 is 11.1. The molecular weight excluding hydrogens is 344 g/mol. The quantitative estimate of drug-likeness (QED) is 0.678. The Morgan fingerprint density at radius 2 is 2.17 bits per heavy atom. The summed E-state index contributed by atoms with van der Waals surface area (Å²) in [6.07, 6.45) is 0.414. The minimum absolute atomic E-state index is 0.0374. The molecule has 1 aliphatic rings. The van der Waals surface area contributed by atoms with Gasteiger partial charge in [-0.1, -0.05) is 11.6 Å². The van der Waals surface area contributed by atoms with E-state index in [1.165, 1.54) is 6.07 Å². The van der Waals surface area contributed by atoms with Crippen molar-refractivity contribution >= 4 is 29.7 Å². The summed E-state index contributed by atoms with van der Waals surface area (Å²) in [4.78, 5) is 11.3. The van der Waals surface area contributed by atoms with Crippen molar-refractivity contribution in [2.24, 2.45) is 12.8 Å². The van der Waals surface area contributed by atoms with Crippen LogP contribution in [-0.4, -0.2) is 15.0 Å². The molecule has 0 fully saturated rings. The lowest BCUT2D eigenvalue weighted by molar-refractivity contribution is -0.117. The van der Waals surface area contributed by atoms with E-state index in [2.05, 4.69) is 0 Å². The van der Waals surface area contributed by atoms with E-state index in [4.69, 9.17) is 29.6 Å². The van der Waals surface area contributed by atoms with Crippen LogP contribution < -0.4 is 5.73 Å². The molecule has 1 aliphatic heterocycles. The summed E-state index contributed by atoms with van der Waals surface area (Å²) in [6.45, 7) is 0.342. The van der Waals surface area contributed by atoms with Crippen LogP contribution in [0.5, 0.6) is 0 Å². The topological polar surface area (TPSA) is 52.9 Å². The van der Waals surface area contributed by atoms with E-state index in [1.807, 2.05) is 0 Å². The van der Waals surface area contributed by atoms with Gasteiger partial charge in [-0.05, 0) is 30.8 Å². The van der Waals surface area contributed by atoms with Crippen LogP contribution in [0.15, 0.2) is 12.1 Å². The van der Waals surface area contributed by atoms with Crippen molar-refractivity contribution in [1.29, 1.82) is 0 Å². The highest BCUT2D eigenvalue weighted by atomic mass is 35.5. The SMILES string of the molecule is Cn1c(CC(N)=O)c2n(c1=S)C[C@H](c1c(F)ccc(Cl)c1F)C2. The van der Waals surface area contributed by atoms with Gasteiger partial charge in [0.05, 0.1) is 11.4 Å². The highest BCUT2D eigenvalue weighted by molar-refractivity contribution is 7.71. The Kier molecular flexibility index (Phi) is 4.01. The number of hydrogen-bond acceptors (Lipinski definition) is 2. The second kappa shape index (κ2) is 5.72. The molecule has 8 heteroatoms. The van der Waals surface area contributed by atoms with Gasteiger partial charge in [0, 0.05) is 36.5 Å². The number of aromatic nitrogens is 2. The minimum atomic E-state index is -0.742. The number of carbonyl (C=O) groups excluding carboxylic acids is 1. The Labute approximate surface area is 141 Å². The number of imidazole rings is 1. The molecule has 0 bridgehead atoms. The lowest BCUT2D eigenvalue weighted by Gasteiger charge is -2.13. The van der Waals surface area contributed by atoms with Gasteiger partial charge in [0.25, 0.3) is 0 Å². The molecule has 1 atom stereocenters. The Hall–Kier alpha value is -1.73. The molecule has 1 aromatic heterocycles. The van der Waals surface area contributed by atoms with Crippen LogP contribution in [-0.2, 0) is 31.2 Å². The van der Waals surface area contributed by atoms with Crippen LogP contribution >= 0.6 is 23.8 Å². The summed E-state index contributed by atoms with van der Waals surface area (Å²) in [5.74, 6) is -2.27. The average molecular weight is 358 g/mol. The zero-order chi connectivity index (χ0) is 16.9.